The van der Waals surface area contributed by atoms with Gasteiger partial charge in [-0.3, -0.25) is 0 Å². The Morgan fingerprint density at radius 2 is 1.70 bits per heavy atom. The molecule has 1 atom stereocenters. The standard InChI is InChI=1S/C16H16BrF2N/c1-3-10-4-6-11(7-5-10)16(2,20)14-13(18)9-8-12(17)15(14)19/h4-9H,3,20H2,1-2H3. The van der Waals surface area contributed by atoms with E-state index in [1.54, 1.807) is 6.92 Å². The molecule has 0 aliphatic rings. The van der Waals surface area contributed by atoms with Crippen molar-refractivity contribution in [3.63, 3.8) is 0 Å². The summed E-state index contributed by atoms with van der Waals surface area (Å²) in [5, 5.41) is 0. The molecule has 0 bridgehead atoms. The van der Waals surface area contributed by atoms with Gasteiger partial charge in [0.1, 0.15) is 11.6 Å². The number of rotatable bonds is 3. The molecule has 0 heterocycles. The second-order valence-electron chi connectivity index (χ2n) is 4.97. The first-order valence-electron chi connectivity index (χ1n) is 6.40. The van der Waals surface area contributed by atoms with Crippen LogP contribution in [0.1, 0.15) is 30.5 Å². The van der Waals surface area contributed by atoms with Crippen LogP contribution in [0.25, 0.3) is 0 Å². The quantitative estimate of drug-likeness (QED) is 0.818. The van der Waals surface area contributed by atoms with Crippen molar-refractivity contribution in [3.05, 3.63) is 69.2 Å². The van der Waals surface area contributed by atoms with E-state index in [9.17, 15) is 8.78 Å². The predicted octanol–water partition coefficient (Wildman–Crippen LogP) is 4.51. The van der Waals surface area contributed by atoms with Gasteiger partial charge < -0.3 is 5.73 Å². The van der Waals surface area contributed by atoms with Crippen molar-refractivity contribution in [3.8, 4) is 0 Å². The Morgan fingerprint density at radius 1 is 1.10 bits per heavy atom. The summed E-state index contributed by atoms with van der Waals surface area (Å²) in [7, 11) is 0. The van der Waals surface area contributed by atoms with Crippen LogP contribution >= 0.6 is 15.9 Å². The van der Waals surface area contributed by atoms with E-state index < -0.39 is 17.2 Å². The Labute approximate surface area is 125 Å². The maximum absolute atomic E-state index is 14.2. The van der Waals surface area contributed by atoms with Gasteiger partial charge in [0.05, 0.1) is 10.0 Å². The molecule has 0 aliphatic heterocycles. The van der Waals surface area contributed by atoms with Crippen molar-refractivity contribution in [2.24, 2.45) is 5.73 Å². The van der Waals surface area contributed by atoms with E-state index in [4.69, 9.17) is 5.73 Å². The topological polar surface area (TPSA) is 26.0 Å². The van der Waals surface area contributed by atoms with Crippen molar-refractivity contribution in [1.82, 2.24) is 0 Å². The predicted molar refractivity (Wildman–Crippen MR) is 80.5 cm³/mol. The highest BCUT2D eigenvalue weighted by Gasteiger charge is 2.31. The normalized spacial score (nSPS) is 14.1. The summed E-state index contributed by atoms with van der Waals surface area (Å²) in [6.07, 6.45) is 0.904. The average molecular weight is 340 g/mol. The minimum atomic E-state index is -1.23. The van der Waals surface area contributed by atoms with Crippen molar-refractivity contribution >= 4 is 15.9 Å². The lowest BCUT2D eigenvalue weighted by Crippen LogP contribution is -2.36. The van der Waals surface area contributed by atoms with Crippen LogP contribution in [0.15, 0.2) is 40.9 Å². The molecule has 0 fully saturated rings. The first-order valence-corrected chi connectivity index (χ1v) is 7.19. The first-order chi connectivity index (χ1) is 9.37. The molecule has 0 saturated carbocycles. The number of hydrogen-bond acceptors (Lipinski definition) is 1. The molecule has 0 spiro atoms. The Balaban J connectivity index is 2.56. The van der Waals surface area contributed by atoms with Gasteiger partial charge >= 0.3 is 0 Å². The number of benzene rings is 2. The Bertz CT molecular complexity index is 621. The van der Waals surface area contributed by atoms with Crippen LogP contribution in [0.2, 0.25) is 0 Å². The molecule has 0 saturated heterocycles. The average Bonchev–Trinajstić information content (AvgIpc) is 2.43. The zero-order valence-electron chi connectivity index (χ0n) is 11.4. The molecule has 2 aromatic rings. The maximum Gasteiger partial charge on any atom is 0.145 e. The van der Waals surface area contributed by atoms with Crippen molar-refractivity contribution < 1.29 is 8.78 Å². The molecular formula is C16H16BrF2N. The number of aryl methyl sites for hydroxylation is 1. The molecule has 1 nitrogen and oxygen atoms in total. The van der Waals surface area contributed by atoms with Gasteiger partial charge in [0.15, 0.2) is 0 Å². The van der Waals surface area contributed by atoms with E-state index in [-0.39, 0.29) is 10.0 Å². The van der Waals surface area contributed by atoms with Gasteiger partial charge in [-0.05, 0) is 52.5 Å². The fraction of sp³-hybridized carbons (Fsp3) is 0.250. The first kappa shape index (κ1) is 15.1. The van der Waals surface area contributed by atoms with Crippen molar-refractivity contribution in [2.45, 2.75) is 25.8 Å². The zero-order valence-corrected chi connectivity index (χ0v) is 13.0. The van der Waals surface area contributed by atoms with Crippen molar-refractivity contribution in [2.75, 3.05) is 0 Å². The van der Waals surface area contributed by atoms with Gasteiger partial charge in [-0.15, -0.1) is 0 Å². The van der Waals surface area contributed by atoms with Gasteiger partial charge in [-0.1, -0.05) is 31.2 Å². The van der Waals surface area contributed by atoms with E-state index in [2.05, 4.69) is 15.9 Å². The summed E-state index contributed by atoms with van der Waals surface area (Å²) in [6.45, 7) is 3.66. The van der Waals surface area contributed by atoms with Gasteiger partial charge in [0.2, 0.25) is 0 Å². The molecule has 0 radical (unpaired) electrons. The van der Waals surface area contributed by atoms with E-state index in [0.717, 1.165) is 12.0 Å². The minimum Gasteiger partial charge on any atom is -0.318 e. The Hall–Kier alpha value is -1.26. The molecular weight excluding hydrogens is 324 g/mol. The molecule has 0 aliphatic carbocycles. The second kappa shape index (κ2) is 5.62. The molecule has 4 heteroatoms. The summed E-state index contributed by atoms with van der Waals surface area (Å²) in [5.41, 5.74) is 6.68. The number of hydrogen-bond donors (Lipinski definition) is 1. The number of nitrogens with two attached hydrogens (primary N) is 1. The molecule has 20 heavy (non-hydrogen) atoms. The summed E-state index contributed by atoms with van der Waals surface area (Å²) in [4.78, 5) is 0. The Kier molecular flexibility index (Phi) is 4.25. The van der Waals surface area contributed by atoms with E-state index in [1.807, 2.05) is 31.2 Å². The van der Waals surface area contributed by atoms with Crippen LogP contribution < -0.4 is 5.73 Å². The molecule has 2 rings (SSSR count). The monoisotopic (exact) mass is 339 g/mol. The smallest absolute Gasteiger partial charge is 0.145 e. The van der Waals surface area contributed by atoms with Crippen LogP contribution in [0, 0.1) is 11.6 Å². The summed E-state index contributed by atoms with van der Waals surface area (Å²) < 4.78 is 28.4. The third-order valence-corrected chi connectivity index (χ3v) is 4.14. The summed E-state index contributed by atoms with van der Waals surface area (Å²) in [5.74, 6) is -1.30. The molecule has 0 amide bonds. The summed E-state index contributed by atoms with van der Waals surface area (Å²) in [6, 6.07) is 10.0. The Morgan fingerprint density at radius 3 is 2.25 bits per heavy atom. The fourth-order valence-electron chi connectivity index (χ4n) is 2.23. The molecule has 2 N–H and O–H groups in total. The lowest BCUT2D eigenvalue weighted by molar-refractivity contribution is 0.479. The molecule has 1 unspecified atom stereocenters. The SMILES string of the molecule is CCc1ccc(C(C)(N)c2c(F)ccc(Br)c2F)cc1. The van der Waals surface area contributed by atoms with E-state index in [0.29, 0.717) is 5.56 Å². The van der Waals surface area contributed by atoms with Gasteiger partial charge in [-0.2, -0.15) is 0 Å². The second-order valence-corrected chi connectivity index (χ2v) is 5.83. The van der Waals surface area contributed by atoms with Gasteiger partial charge in [0.25, 0.3) is 0 Å². The van der Waals surface area contributed by atoms with Crippen LogP contribution in [-0.2, 0) is 12.0 Å². The zero-order chi connectivity index (χ0) is 14.9. The molecule has 106 valence electrons. The minimum absolute atomic E-state index is 0.129. The lowest BCUT2D eigenvalue weighted by Gasteiger charge is -2.27. The van der Waals surface area contributed by atoms with Gasteiger partial charge in [-0.25, -0.2) is 8.78 Å². The largest absolute Gasteiger partial charge is 0.318 e. The van der Waals surface area contributed by atoms with Crippen LogP contribution in [0.5, 0.6) is 0 Å². The van der Waals surface area contributed by atoms with Crippen LogP contribution in [-0.4, -0.2) is 0 Å². The van der Waals surface area contributed by atoms with Crippen molar-refractivity contribution in [1.29, 1.82) is 0 Å². The van der Waals surface area contributed by atoms with E-state index >= 15 is 0 Å². The van der Waals surface area contributed by atoms with Gasteiger partial charge in [0, 0.05) is 5.56 Å². The van der Waals surface area contributed by atoms with Crippen LogP contribution in [0.4, 0.5) is 8.78 Å². The highest BCUT2D eigenvalue weighted by molar-refractivity contribution is 9.10. The third-order valence-electron chi connectivity index (χ3n) is 3.53. The summed E-state index contributed by atoms with van der Waals surface area (Å²) >= 11 is 3.07. The highest BCUT2D eigenvalue weighted by atomic mass is 79.9. The molecule has 0 aromatic heterocycles. The highest BCUT2D eigenvalue weighted by Crippen LogP contribution is 2.33. The lowest BCUT2D eigenvalue weighted by atomic mass is 9.84. The fourth-order valence-corrected chi connectivity index (χ4v) is 2.56. The third kappa shape index (κ3) is 2.63. The van der Waals surface area contributed by atoms with Crippen LogP contribution in [0.3, 0.4) is 0 Å². The molecule has 2 aromatic carbocycles. The maximum atomic E-state index is 14.2. The van der Waals surface area contributed by atoms with E-state index in [1.165, 1.54) is 12.1 Å². The number of halogens is 3.